The maximum Gasteiger partial charge on any atom is 0.323 e. The summed E-state index contributed by atoms with van der Waals surface area (Å²) in [5.74, 6) is -7.78. The summed E-state index contributed by atoms with van der Waals surface area (Å²) in [6.45, 7) is 3.30. The minimum Gasteiger partial charge on any atom is -0.544 e. The van der Waals surface area contributed by atoms with Gasteiger partial charge in [-0.25, -0.2) is 0 Å². The fraction of sp³-hybridized carbons (Fsp3) is 0.833. The average Bonchev–Trinajstić information content (AvgIpc) is 2.50. The van der Waals surface area contributed by atoms with Crippen LogP contribution in [0.15, 0.2) is 0 Å². The highest BCUT2D eigenvalue weighted by molar-refractivity contribution is 5.90. The van der Waals surface area contributed by atoms with E-state index in [2.05, 4.69) is 0 Å². The van der Waals surface area contributed by atoms with Crippen molar-refractivity contribution in [2.75, 3.05) is 0 Å². The molecule has 5 nitrogen and oxygen atoms in total. The second kappa shape index (κ2) is 6.02. The third-order valence-corrected chi connectivity index (χ3v) is 6.04. The monoisotopic (exact) mass is 357 g/mol. The van der Waals surface area contributed by atoms with Crippen LogP contribution in [0.5, 0.6) is 0 Å². The van der Waals surface area contributed by atoms with E-state index in [9.17, 15) is 28.3 Å². The molecule has 4 saturated carbocycles. The summed E-state index contributed by atoms with van der Waals surface area (Å²) in [7, 11) is 0. The topological polar surface area (TPSA) is 83.5 Å². The first-order chi connectivity index (χ1) is 11.5. The number of hydrogen-bond acceptors (Lipinski definition) is 5. The number of carbonyl (C=O) groups is 3. The van der Waals surface area contributed by atoms with E-state index < -0.39 is 29.4 Å². The molecule has 3 atom stereocenters. The molecule has 0 aliphatic heterocycles. The van der Waals surface area contributed by atoms with Gasteiger partial charge in [0.1, 0.15) is 11.8 Å². The second-order valence-electron chi connectivity index (χ2n) is 8.46. The molecular formula is C18H23F2O5-. The van der Waals surface area contributed by atoms with E-state index in [0.717, 1.165) is 12.8 Å². The number of Topliss-reactive ketones (excluding diaryl/α,β-unsaturated/α-hetero) is 1. The number of esters is 1. The molecule has 25 heavy (non-hydrogen) atoms. The number of aliphatic carboxylic acids is 1. The van der Waals surface area contributed by atoms with Crippen molar-refractivity contribution >= 4 is 17.7 Å². The quantitative estimate of drug-likeness (QED) is 0.676. The van der Waals surface area contributed by atoms with Gasteiger partial charge in [-0.3, -0.25) is 9.59 Å². The molecular weight excluding hydrogens is 334 g/mol. The first kappa shape index (κ1) is 18.3. The number of rotatable bonds is 6. The lowest BCUT2D eigenvalue weighted by atomic mass is 9.49. The van der Waals surface area contributed by atoms with E-state index in [1.165, 1.54) is 0 Å². The van der Waals surface area contributed by atoms with Gasteiger partial charge in [0.2, 0.25) is 0 Å². The Hall–Kier alpha value is -1.53. The molecule has 3 unspecified atom stereocenters. The van der Waals surface area contributed by atoms with Crippen molar-refractivity contribution in [1.29, 1.82) is 0 Å². The van der Waals surface area contributed by atoms with Crippen molar-refractivity contribution in [1.82, 2.24) is 0 Å². The molecule has 140 valence electrons. The van der Waals surface area contributed by atoms with Gasteiger partial charge in [0.25, 0.3) is 0 Å². The lowest BCUT2D eigenvalue weighted by Gasteiger charge is -2.54. The van der Waals surface area contributed by atoms with Crippen LogP contribution in [-0.2, 0) is 19.1 Å². The molecule has 0 radical (unpaired) electrons. The Bertz CT molecular complexity index is 582. The van der Waals surface area contributed by atoms with Crippen LogP contribution in [0, 0.1) is 29.1 Å². The fourth-order valence-electron chi connectivity index (χ4n) is 5.08. The molecule has 0 N–H and O–H groups in total. The normalized spacial score (nSPS) is 35.1. The Balaban J connectivity index is 1.80. The van der Waals surface area contributed by atoms with Gasteiger partial charge in [-0.1, -0.05) is 13.8 Å². The van der Waals surface area contributed by atoms with Crippen molar-refractivity contribution < 1.29 is 33.0 Å². The van der Waals surface area contributed by atoms with Crippen LogP contribution in [0.25, 0.3) is 0 Å². The maximum absolute atomic E-state index is 14.0. The molecule has 0 amide bonds. The zero-order valence-corrected chi connectivity index (χ0v) is 14.4. The Labute approximate surface area is 145 Å². The molecule has 0 spiro atoms. The van der Waals surface area contributed by atoms with Crippen molar-refractivity contribution in [2.24, 2.45) is 29.1 Å². The molecule has 0 aromatic heterocycles. The zero-order valence-electron chi connectivity index (χ0n) is 14.4. The summed E-state index contributed by atoms with van der Waals surface area (Å²) in [5.41, 5.74) is -0.915. The molecule has 4 aliphatic rings. The lowest BCUT2D eigenvalue weighted by molar-refractivity contribution is -0.337. The molecule has 4 rings (SSSR count). The summed E-state index contributed by atoms with van der Waals surface area (Å²) in [5, 5.41) is 10.8. The first-order valence-electron chi connectivity index (χ1n) is 8.89. The molecule has 4 aliphatic carbocycles. The number of carboxylic acids is 1. The van der Waals surface area contributed by atoms with E-state index in [1.807, 2.05) is 0 Å². The summed E-state index contributed by atoms with van der Waals surface area (Å²) in [6, 6.07) is 0. The van der Waals surface area contributed by atoms with Gasteiger partial charge in [-0.05, 0) is 50.4 Å². The number of ether oxygens (including phenoxy) is 1. The molecule has 0 aromatic carbocycles. The molecule has 0 heterocycles. The highest BCUT2D eigenvalue weighted by Crippen LogP contribution is 2.59. The number of carbonyl (C=O) groups excluding carboxylic acids is 3. The van der Waals surface area contributed by atoms with Crippen molar-refractivity contribution in [3.8, 4) is 0 Å². The van der Waals surface area contributed by atoms with Gasteiger partial charge in [-0.15, -0.1) is 0 Å². The van der Waals surface area contributed by atoms with Crippen LogP contribution >= 0.6 is 0 Å². The third kappa shape index (κ3) is 3.06. The molecule has 4 bridgehead atoms. The van der Waals surface area contributed by atoms with Crippen LogP contribution < -0.4 is 5.11 Å². The van der Waals surface area contributed by atoms with Gasteiger partial charge in [0, 0.05) is 11.8 Å². The second-order valence-corrected chi connectivity index (χ2v) is 8.46. The first-order valence-corrected chi connectivity index (χ1v) is 8.89. The van der Waals surface area contributed by atoms with Crippen LogP contribution in [0.2, 0.25) is 0 Å². The van der Waals surface area contributed by atoms with Gasteiger partial charge >= 0.3 is 11.9 Å². The zero-order chi connectivity index (χ0) is 18.6. The fourth-order valence-corrected chi connectivity index (χ4v) is 5.08. The molecule has 4 fully saturated rings. The Kier molecular flexibility index (Phi) is 4.40. The van der Waals surface area contributed by atoms with Gasteiger partial charge in [0.05, 0.1) is 5.41 Å². The predicted molar refractivity (Wildman–Crippen MR) is 80.3 cm³/mol. The average molecular weight is 357 g/mol. The number of alkyl halides is 2. The molecule has 0 aromatic rings. The van der Waals surface area contributed by atoms with Crippen LogP contribution in [0.4, 0.5) is 8.78 Å². The number of halogens is 2. The molecule has 0 saturated heterocycles. The minimum atomic E-state index is -4.24. The summed E-state index contributed by atoms with van der Waals surface area (Å²) >= 11 is 0. The van der Waals surface area contributed by atoms with Gasteiger partial charge in [0.15, 0.2) is 6.10 Å². The van der Waals surface area contributed by atoms with Crippen LogP contribution in [-0.4, -0.2) is 29.7 Å². The van der Waals surface area contributed by atoms with Crippen LogP contribution in [0.1, 0.15) is 52.4 Å². The van der Waals surface area contributed by atoms with Crippen molar-refractivity contribution in [3.05, 3.63) is 0 Å². The number of carboxylic acid groups (broad SMARTS) is 1. The van der Waals surface area contributed by atoms with E-state index in [1.54, 1.807) is 13.8 Å². The Morgan fingerprint density at radius 2 is 1.80 bits per heavy atom. The smallest absolute Gasteiger partial charge is 0.323 e. The maximum atomic E-state index is 14.0. The summed E-state index contributed by atoms with van der Waals surface area (Å²) in [4.78, 5) is 35.8. The largest absolute Gasteiger partial charge is 0.544 e. The van der Waals surface area contributed by atoms with Gasteiger partial charge in [-0.2, -0.15) is 8.78 Å². The standard InChI is InChI=1S/C18H24F2O5/c1-9(2)3-13(18(19,20)15(22)23)25-16(24)17-6-10-4-11(7-17)14(21)12(5-10)8-17/h9-13H,3-8H2,1-2H3,(H,22,23)/p-1. The molecule has 7 heteroatoms. The number of hydrogen-bond donors (Lipinski definition) is 0. The van der Waals surface area contributed by atoms with E-state index in [0.29, 0.717) is 19.3 Å². The third-order valence-electron chi connectivity index (χ3n) is 6.04. The van der Waals surface area contributed by atoms with E-state index >= 15 is 0 Å². The van der Waals surface area contributed by atoms with E-state index in [-0.39, 0.29) is 35.9 Å². The lowest BCUT2D eigenvalue weighted by Crippen LogP contribution is -2.57. The van der Waals surface area contributed by atoms with E-state index in [4.69, 9.17) is 4.74 Å². The van der Waals surface area contributed by atoms with Crippen molar-refractivity contribution in [2.45, 2.75) is 64.4 Å². The number of ketones is 1. The highest BCUT2D eigenvalue weighted by Gasteiger charge is 2.60. The van der Waals surface area contributed by atoms with Crippen molar-refractivity contribution in [3.63, 3.8) is 0 Å². The Morgan fingerprint density at radius 1 is 1.24 bits per heavy atom. The summed E-state index contributed by atoms with van der Waals surface area (Å²) < 4.78 is 33.0. The SMILES string of the molecule is CC(C)CC(OC(=O)C12CC3CC(C1)C(=O)C(C3)C2)C(F)(F)C(=O)[O-]. The highest BCUT2D eigenvalue weighted by atomic mass is 19.3. The predicted octanol–water partition coefficient (Wildman–Crippen LogP) is 1.72. The van der Waals surface area contributed by atoms with Gasteiger partial charge < -0.3 is 14.6 Å². The Morgan fingerprint density at radius 3 is 2.28 bits per heavy atom. The minimum absolute atomic E-state index is 0.179. The summed E-state index contributed by atoms with van der Waals surface area (Å²) in [6.07, 6.45) is 0.416. The van der Waals surface area contributed by atoms with Crippen LogP contribution in [0.3, 0.4) is 0 Å².